The maximum Gasteiger partial charge on any atom is 0.150 e. The molecule has 4 heteroatoms. The molecule has 0 amide bonds. The lowest BCUT2D eigenvalue weighted by Gasteiger charge is -2.08. The molecular weight excluding hydrogens is 218 g/mol. The summed E-state index contributed by atoms with van der Waals surface area (Å²) in [4.78, 5) is 4.18. The van der Waals surface area contributed by atoms with Crippen molar-refractivity contribution in [1.29, 1.82) is 0 Å². The number of anilines is 2. The van der Waals surface area contributed by atoms with Gasteiger partial charge in [0.15, 0.2) is 5.82 Å². The smallest absolute Gasteiger partial charge is 0.150 e. The summed E-state index contributed by atoms with van der Waals surface area (Å²) in [7, 11) is 1.81. The second-order valence-electron chi connectivity index (χ2n) is 2.47. The molecule has 3 nitrogen and oxygen atoms in total. The zero-order chi connectivity index (χ0) is 9.14. The lowest BCUT2D eigenvalue weighted by Crippen LogP contribution is -2.02. The normalized spacial score (nSPS) is 9.92. The van der Waals surface area contributed by atoms with Gasteiger partial charge in [-0.05, 0) is 34.0 Å². The van der Waals surface area contributed by atoms with Crippen molar-refractivity contribution in [3.8, 4) is 0 Å². The summed E-state index contributed by atoms with van der Waals surface area (Å²) >= 11 is 3.32. The molecule has 0 unspecified atom stereocenters. The lowest BCUT2D eigenvalue weighted by molar-refractivity contribution is 1.11. The average Bonchev–Trinajstić information content (AvgIpc) is 2.08. The van der Waals surface area contributed by atoms with Crippen molar-refractivity contribution < 1.29 is 0 Å². The Morgan fingerprint density at radius 3 is 2.83 bits per heavy atom. The molecular formula is C8H12BrN3. The van der Waals surface area contributed by atoms with Gasteiger partial charge < -0.3 is 11.1 Å². The van der Waals surface area contributed by atoms with Gasteiger partial charge in [0.1, 0.15) is 4.60 Å². The Bertz CT molecular complexity index is 261. The van der Waals surface area contributed by atoms with Crippen LogP contribution in [-0.4, -0.2) is 12.0 Å². The molecule has 0 saturated carbocycles. The lowest BCUT2D eigenvalue weighted by atomic mass is 10.2. The first-order valence-corrected chi connectivity index (χ1v) is 4.61. The van der Waals surface area contributed by atoms with E-state index in [1.54, 1.807) is 0 Å². The maximum absolute atomic E-state index is 5.83. The Kier molecular flexibility index (Phi) is 2.92. The number of nitrogens with zero attached hydrogens (tertiary/aromatic N) is 1. The van der Waals surface area contributed by atoms with E-state index in [2.05, 4.69) is 33.2 Å². The van der Waals surface area contributed by atoms with Crippen LogP contribution in [0.15, 0.2) is 10.7 Å². The Balaban J connectivity index is 3.22. The molecule has 66 valence electrons. The van der Waals surface area contributed by atoms with Crippen LogP contribution in [-0.2, 0) is 6.42 Å². The topological polar surface area (TPSA) is 50.9 Å². The second-order valence-corrected chi connectivity index (χ2v) is 3.28. The van der Waals surface area contributed by atoms with Crippen LogP contribution in [0.4, 0.5) is 11.5 Å². The highest BCUT2D eigenvalue weighted by atomic mass is 79.9. The summed E-state index contributed by atoms with van der Waals surface area (Å²) in [5.41, 5.74) is 7.68. The first-order chi connectivity index (χ1) is 5.69. The van der Waals surface area contributed by atoms with E-state index in [9.17, 15) is 0 Å². The highest BCUT2D eigenvalue weighted by Gasteiger charge is 2.05. The van der Waals surface area contributed by atoms with Crippen LogP contribution < -0.4 is 11.1 Å². The van der Waals surface area contributed by atoms with E-state index in [4.69, 9.17) is 5.73 Å². The van der Waals surface area contributed by atoms with Crippen molar-refractivity contribution in [1.82, 2.24) is 4.98 Å². The molecule has 0 saturated heterocycles. The minimum absolute atomic E-state index is 0.737. The predicted octanol–water partition coefficient (Wildman–Crippen LogP) is 2.03. The minimum Gasteiger partial charge on any atom is -0.396 e. The van der Waals surface area contributed by atoms with E-state index in [-0.39, 0.29) is 0 Å². The van der Waals surface area contributed by atoms with Gasteiger partial charge in [0.05, 0.1) is 5.69 Å². The zero-order valence-corrected chi connectivity index (χ0v) is 8.77. The third-order valence-electron chi connectivity index (χ3n) is 1.73. The summed E-state index contributed by atoms with van der Waals surface area (Å²) < 4.78 is 0.818. The molecule has 0 aliphatic heterocycles. The van der Waals surface area contributed by atoms with Gasteiger partial charge in [-0.3, -0.25) is 0 Å². The van der Waals surface area contributed by atoms with Crippen molar-refractivity contribution >= 4 is 27.4 Å². The van der Waals surface area contributed by atoms with E-state index in [1.807, 2.05) is 13.1 Å². The number of nitrogen functional groups attached to an aromatic ring is 1. The van der Waals surface area contributed by atoms with E-state index in [1.165, 1.54) is 0 Å². The molecule has 0 radical (unpaired) electrons. The quantitative estimate of drug-likeness (QED) is 0.764. The van der Waals surface area contributed by atoms with E-state index in [0.29, 0.717) is 0 Å². The van der Waals surface area contributed by atoms with Crippen LogP contribution in [0, 0.1) is 0 Å². The Morgan fingerprint density at radius 1 is 1.67 bits per heavy atom. The largest absolute Gasteiger partial charge is 0.396 e. The number of rotatable bonds is 2. The number of nitrogens with two attached hydrogens (primary N) is 1. The van der Waals surface area contributed by atoms with E-state index in [0.717, 1.165) is 28.1 Å². The van der Waals surface area contributed by atoms with Crippen molar-refractivity contribution in [3.63, 3.8) is 0 Å². The molecule has 1 aromatic heterocycles. The summed E-state index contributed by atoms with van der Waals surface area (Å²) in [6, 6.07) is 1.94. The van der Waals surface area contributed by atoms with Gasteiger partial charge in [-0.25, -0.2) is 4.98 Å². The fraction of sp³-hybridized carbons (Fsp3) is 0.375. The molecule has 0 fully saturated rings. The van der Waals surface area contributed by atoms with Crippen molar-refractivity contribution in [3.05, 3.63) is 16.2 Å². The molecule has 1 rings (SSSR count). The van der Waals surface area contributed by atoms with Gasteiger partial charge in [-0.2, -0.15) is 0 Å². The summed E-state index contributed by atoms with van der Waals surface area (Å²) in [6.07, 6.45) is 0.918. The SMILES string of the molecule is CCc1cc(Br)nc(NC)c1N. The number of hydrogen-bond acceptors (Lipinski definition) is 3. The van der Waals surface area contributed by atoms with E-state index < -0.39 is 0 Å². The first kappa shape index (κ1) is 9.32. The third-order valence-corrected chi connectivity index (χ3v) is 2.14. The Hall–Kier alpha value is -0.770. The molecule has 0 aliphatic carbocycles. The van der Waals surface area contributed by atoms with Crippen LogP contribution in [0.1, 0.15) is 12.5 Å². The summed E-state index contributed by atoms with van der Waals surface area (Å²) in [5.74, 6) is 0.737. The van der Waals surface area contributed by atoms with Crippen molar-refractivity contribution in [2.45, 2.75) is 13.3 Å². The number of pyridine rings is 1. The standard InChI is InChI=1S/C8H12BrN3/c1-3-5-4-6(9)12-8(11-2)7(5)10/h4H,3,10H2,1-2H3,(H,11,12). The number of halogens is 1. The maximum atomic E-state index is 5.83. The molecule has 0 atom stereocenters. The van der Waals surface area contributed by atoms with Gasteiger partial charge in [0.2, 0.25) is 0 Å². The molecule has 0 spiro atoms. The Morgan fingerprint density at radius 2 is 2.33 bits per heavy atom. The molecule has 0 bridgehead atoms. The molecule has 3 N–H and O–H groups in total. The molecule has 0 aliphatic rings. The minimum atomic E-state index is 0.737. The average molecular weight is 230 g/mol. The van der Waals surface area contributed by atoms with Crippen LogP contribution in [0.25, 0.3) is 0 Å². The number of aromatic nitrogens is 1. The molecule has 12 heavy (non-hydrogen) atoms. The number of aryl methyl sites for hydroxylation is 1. The van der Waals surface area contributed by atoms with Crippen LogP contribution in [0.5, 0.6) is 0 Å². The first-order valence-electron chi connectivity index (χ1n) is 3.81. The number of hydrogen-bond donors (Lipinski definition) is 2. The van der Waals surface area contributed by atoms with Crippen molar-refractivity contribution in [2.24, 2.45) is 0 Å². The summed E-state index contributed by atoms with van der Waals surface area (Å²) in [6.45, 7) is 2.07. The van der Waals surface area contributed by atoms with Crippen LogP contribution in [0.2, 0.25) is 0 Å². The van der Waals surface area contributed by atoms with Crippen LogP contribution in [0.3, 0.4) is 0 Å². The van der Waals surface area contributed by atoms with Crippen LogP contribution >= 0.6 is 15.9 Å². The van der Waals surface area contributed by atoms with Gasteiger partial charge in [-0.1, -0.05) is 6.92 Å². The van der Waals surface area contributed by atoms with Gasteiger partial charge in [-0.15, -0.1) is 0 Å². The molecule has 1 heterocycles. The highest BCUT2D eigenvalue weighted by Crippen LogP contribution is 2.24. The Labute approximate surface area is 80.5 Å². The van der Waals surface area contributed by atoms with Gasteiger partial charge in [0, 0.05) is 7.05 Å². The monoisotopic (exact) mass is 229 g/mol. The third kappa shape index (κ3) is 1.69. The highest BCUT2D eigenvalue weighted by molar-refractivity contribution is 9.10. The predicted molar refractivity (Wildman–Crippen MR) is 55.3 cm³/mol. The second kappa shape index (κ2) is 3.76. The molecule has 1 aromatic rings. The fourth-order valence-corrected chi connectivity index (χ4v) is 1.51. The summed E-state index contributed by atoms with van der Waals surface area (Å²) in [5, 5.41) is 2.94. The van der Waals surface area contributed by atoms with Gasteiger partial charge >= 0.3 is 0 Å². The molecule has 0 aromatic carbocycles. The zero-order valence-electron chi connectivity index (χ0n) is 7.19. The fourth-order valence-electron chi connectivity index (χ4n) is 1.06. The van der Waals surface area contributed by atoms with Crippen molar-refractivity contribution in [2.75, 3.05) is 18.1 Å². The van der Waals surface area contributed by atoms with Gasteiger partial charge in [0.25, 0.3) is 0 Å². The van der Waals surface area contributed by atoms with E-state index >= 15 is 0 Å². The number of nitrogens with one attached hydrogen (secondary N) is 1.